The van der Waals surface area contributed by atoms with Gasteiger partial charge in [0.15, 0.2) is 0 Å². The summed E-state index contributed by atoms with van der Waals surface area (Å²) in [7, 11) is 0. The van der Waals surface area contributed by atoms with Gasteiger partial charge in [0.2, 0.25) is 5.41 Å². The van der Waals surface area contributed by atoms with Gasteiger partial charge >= 0.3 is 11.9 Å². The fourth-order valence-electron chi connectivity index (χ4n) is 5.09. The lowest BCUT2D eigenvalue weighted by Gasteiger charge is -2.46. The maximum Gasteiger partial charge on any atom is 0.331 e. The molecule has 1 saturated heterocycles. The minimum absolute atomic E-state index is 0.0293. The van der Waals surface area contributed by atoms with Gasteiger partial charge in [0.05, 0.1) is 30.9 Å². The van der Waals surface area contributed by atoms with E-state index in [0.29, 0.717) is 13.2 Å². The number of carbonyl (C=O) groups is 2. The number of hydrogen-bond acceptors (Lipinski definition) is 7. The molecule has 3 aromatic carbocycles. The Morgan fingerprint density at radius 3 is 1.97 bits per heavy atom. The van der Waals surface area contributed by atoms with E-state index in [1.54, 1.807) is 13.8 Å². The first kappa shape index (κ1) is 27.2. The van der Waals surface area contributed by atoms with Crippen molar-refractivity contribution in [2.45, 2.75) is 20.4 Å². The molecule has 0 N–H and O–H groups in total. The second-order valence-corrected chi connectivity index (χ2v) is 10.6. The number of carbonyl (C=O) groups excluding carboxylic acids is 2. The first-order valence-electron chi connectivity index (χ1n) is 12.8. The lowest BCUT2D eigenvalue weighted by molar-refractivity contribution is -0.168. The third kappa shape index (κ3) is 5.02. The molecule has 9 heteroatoms. The SMILES string of the molecule is CCOC(=O)C1(C(=O)OCC)CN(Cc2c3ccccc3nc3ccccc23)CN(c2ccc(Br)cc2)C1=S. The van der Waals surface area contributed by atoms with Gasteiger partial charge in [0.1, 0.15) is 4.99 Å². The molecule has 1 aromatic heterocycles. The van der Waals surface area contributed by atoms with E-state index in [1.165, 1.54) is 0 Å². The lowest BCUT2D eigenvalue weighted by Crippen LogP contribution is -2.65. The molecule has 1 aliphatic heterocycles. The van der Waals surface area contributed by atoms with Crippen LogP contribution in [0.15, 0.2) is 77.3 Å². The third-order valence-corrected chi connectivity index (χ3v) is 7.98. The molecule has 200 valence electrons. The Labute approximate surface area is 240 Å². The van der Waals surface area contributed by atoms with Crippen molar-refractivity contribution in [1.82, 2.24) is 9.88 Å². The van der Waals surface area contributed by atoms with Crippen molar-refractivity contribution < 1.29 is 19.1 Å². The molecule has 0 spiro atoms. The van der Waals surface area contributed by atoms with Gasteiger partial charge in [-0.05, 0) is 55.8 Å². The van der Waals surface area contributed by atoms with Gasteiger partial charge in [-0.3, -0.25) is 14.5 Å². The van der Waals surface area contributed by atoms with Gasteiger partial charge in [-0.2, -0.15) is 0 Å². The van der Waals surface area contributed by atoms with Crippen LogP contribution in [0.3, 0.4) is 0 Å². The van der Waals surface area contributed by atoms with Crippen molar-refractivity contribution in [1.29, 1.82) is 0 Å². The maximum absolute atomic E-state index is 13.6. The van der Waals surface area contributed by atoms with E-state index in [-0.39, 0.29) is 24.7 Å². The highest BCUT2D eigenvalue weighted by Gasteiger charge is 2.58. The zero-order chi connectivity index (χ0) is 27.6. The summed E-state index contributed by atoms with van der Waals surface area (Å²) in [4.78, 5) is 36.1. The first-order valence-corrected chi connectivity index (χ1v) is 14.0. The van der Waals surface area contributed by atoms with Crippen molar-refractivity contribution >= 4 is 72.6 Å². The van der Waals surface area contributed by atoms with E-state index >= 15 is 0 Å². The first-order chi connectivity index (χ1) is 18.9. The van der Waals surface area contributed by atoms with Gasteiger partial charge in [-0.15, -0.1) is 0 Å². The standard InChI is InChI=1S/C30H28BrN3O4S/c1-3-37-28(35)30(29(36)38-4-2)18-33(19-34(27(30)39)21-15-13-20(31)14-16-21)17-24-22-9-5-7-11-25(22)32-26-12-8-6-10-23(24)26/h5-16H,3-4,17-19H2,1-2H3. The highest BCUT2D eigenvalue weighted by atomic mass is 79.9. The molecule has 0 saturated carbocycles. The molecule has 0 amide bonds. The molecule has 1 fully saturated rings. The van der Waals surface area contributed by atoms with Gasteiger partial charge in [-0.25, -0.2) is 4.98 Å². The van der Waals surface area contributed by atoms with E-state index in [4.69, 9.17) is 26.7 Å². The number of rotatable bonds is 7. The fraction of sp³-hybridized carbons (Fsp3) is 0.267. The summed E-state index contributed by atoms with van der Waals surface area (Å²) in [5, 5.41) is 2.02. The van der Waals surface area contributed by atoms with E-state index in [9.17, 15) is 9.59 Å². The molecule has 7 nitrogen and oxygen atoms in total. The van der Waals surface area contributed by atoms with Crippen molar-refractivity contribution in [3.63, 3.8) is 0 Å². The number of halogens is 1. The van der Waals surface area contributed by atoms with Crippen molar-refractivity contribution in [2.75, 3.05) is 31.3 Å². The number of hydrogen-bond donors (Lipinski definition) is 0. The zero-order valence-electron chi connectivity index (χ0n) is 21.7. The van der Waals surface area contributed by atoms with Crippen LogP contribution in [0, 0.1) is 5.41 Å². The number of benzene rings is 3. The molecule has 0 bridgehead atoms. The minimum Gasteiger partial charge on any atom is -0.465 e. The number of para-hydroxylation sites is 2. The van der Waals surface area contributed by atoms with Crippen LogP contribution in [0.1, 0.15) is 19.4 Å². The maximum atomic E-state index is 13.6. The summed E-state index contributed by atoms with van der Waals surface area (Å²) < 4.78 is 11.8. The van der Waals surface area contributed by atoms with Crippen LogP contribution in [0.2, 0.25) is 0 Å². The Bertz CT molecular complexity index is 1490. The number of fused-ring (bicyclic) bond motifs is 2. The summed E-state index contributed by atoms with van der Waals surface area (Å²) >= 11 is 9.38. The van der Waals surface area contributed by atoms with E-state index in [0.717, 1.165) is 37.5 Å². The molecule has 0 atom stereocenters. The Hall–Kier alpha value is -3.40. The predicted octanol–water partition coefficient (Wildman–Crippen LogP) is 5.87. The number of anilines is 1. The Morgan fingerprint density at radius 2 is 1.44 bits per heavy atom. The highest BCUT2D eigenvalue weighted by molar-refractivity contribution is 9.10. The van der Waals surface area contributed by atoms with Crippen LogP contribution >= 0.6 is 28.1 Å². The topological polar surface area (TPSA) is 72.0 Å². The highest BCUT2D eigenvalue weighted by Crippen LogP contribution is 2.37. The summed E-state index contributed by atoms with van der Waals surface area (Å²) in [6.45, 7) is 4.48. The van der Waals surface area contributed by atoms with E-state index in [1.807, 2.05) is 65.6 Å². The quantitative estimate of drug-likeness (QED) is 0.112. The van der Waals surface area contributed by atoms with Crippen LogP contribution in [-0.2, 0) is 25.6 Å². The van der Waals surface area contributed by atoms with Gasteiger partial charge in [0.25, 0.3) is 0 Å². The minimum atomic E-state index is -1.80. The summed E-state index contributed by atoms with van der Waals surface area (Å²) in [6, 6.07) is 23.6. The summed E-state index contributed by atoms with van der Waals surface area (Å²) in [6.07, 6.45) is 0. The van der Waals surface area contributed by atoms with Crippen molar-refractivity contribution in [3.8, 4) is 0 Å². The monoisotopic (exact) mass is 605 g/mol. The smallest absolute Gasteiger partial charge is 0.331 e. The average Bonchev–Trinajstić information content (AvgIpc) is 2.94. The predicted molar refractivity (Wildman–Crippen MR) is 159 cm³/mol. The molecule has 1 aliphatic rings. The lowest BCUT2D eigenvalue weighted by atomic mass is 9.84. The van der Waals surface area contributed by atoms with E-state index in [2.05, 4.69) is 33.0 Å². The van der Waals surface area contributed by atoms with Crippen LogP contribution in [0.5, 0.6) is 0 Å². The largest absolute Gasteiger partial charge is 0.465 e. The molecule has 2 heterocycles. The number of ether oxygens (including phenoxy) is 2. The molecule has 5 rings (SSSR count). The van der Waals surface area contributed by atoms with Gasteiger partial charge in [-0.1, -0.05) is 64.5 Å². The summed E-state index contributed by atoms with van der Waals surface area (Å²) in [5.41, 5.74) is 1.78. The summed E-state index contributed by atoms with van der Waals surface area (Å²) in [5.74, 6) is -1.41. The van der Waals surface area contributed by atoms with Crippen LogP contribution in [0.25, 0.3) is 21.8 Å². The molecular formula is C30H28BrN3O4S. The van der Waals surface area contributed by atoms with Crippen LogP contribution in [0.4, 0.5) is 5.69 Å². The van der Waals surface area contributed by atoms with Crippen molar-refractivity contribution in [3.05, 3.63) is 82.8 Å². The van der Waals surface area contributed by atoms with Crippen LogP contribution < -0.4 is 4.90 Å². The zero-order valence-corrected chi connectivity index (χ0v) is 24.1. The Kier molecular flexibility index (Phi) is 7.93. The molecule has 0 radical (unpaired) electrons. The second kappa shape index (κ2) is 11.4. The Balaban J connectivity index is 1.66. The number of aromatic nitrogens is 1. The van der Waals surface area contributed by atoms with Gasteiger partial charge in [0, 0.05) is 34.0 Å². The molecular weight excluding hydrogens is 578 g/mol. The second-order valence-electron chi connectivity index (χ2n) is 9.31. The number of nitrogens with zero attached hydrogens (tertiary/aromatic N) is 3. The molecule has 39 heavy (non-hydrogen) atoms. The molecule has 0 aliphatic carbocycles. The fourth-order valence-corrected chi connectivity index (χ4v) is 5.75. The Morgan fingerprint density at radius 1 is 0.897 bits per heavy atom. The average molecular weight is 607 g/mol. The normalized spacial score (nSPS) is 15.5. The number of thiocarbonyl (C=S) groups is 1. The van der Waals surface area contributed by atoms with Crippen LogP contribution in [-0.4, -0.2) is 53.2 Å². The number of pyridine rings is 1. The third-order valence-electron chi connectivity index (χ3n) is 6.88. The van der Waals surface area contributed by atoms with E-state index < -0.39 is 17.4 Å². The van der Waals surface area contributed by atoms with Crippen molar-refractivity contribution in [2.24, 2.45) is 5.41 Å². The molecule has 4 aromatic rings. The molecule has 0 unspecified atom stereocenters. The number of esters is 2. The van der Waals surface area contributed by atoms with Gasteiger partial charge < -0.3 is 14.4 Å².